The molecular weight excluding hydrogens is 304 g/mol. The van der Waals surface area contributed by atoms with Gasteiger partial charge in [0.2, 0.25) is 0 Å². The maximum absolute atomic E-state index is 6.02. The number of unbranched alkanes of at least 4 members (excludes halogenated alkanes) is 1. The van der Waals surface area contributed by atoms with E-state index in [9.17, 15) is 0 Å². The van der Waals surface area contributed by atoms with Crippen molar-refractivity contribution in [1.29, 1.82) is 0 Å². The smallest absolute Gasteiger partial charge is 0.0678 e. The lowest BCUT2D eigenvalue weighted by Crippen LogP contribution is -2.06. The standard InChI is InChI=1S/C24H28O/c1-3-10-19(11-4-1)12-7-8-15-21(18-20-13-5-2-6-14-20)23-22-16-9-17-25-24(22)23/h1-6,10-11,13-15,22-24H,7-9,12,16-18H2/b21-15+/t22-,23-,24-/m0/s1. The summed E-state index contributed by atoms with van der Waals surface area (Å²) in [6.07, 6.45) is 10.3. The molecule has 2 aromatic rings. The molecule has 0 amide bonds. The summed E-state index contributed by atoms with van der Waals surface area (Å²) in [6.45, 7) is 0.963. The maximum Gasteiger partial charge on any atom is 0.0678 e. The summed E-state index contributed by atoms with van der Waals surface area (Å²) >= 11 is 0. The SMILES string of the molecule is C(/CCCc1ccccc1)=C(/Cc1ccccc1)[C@H]1[C@@H]2CCCO[C@@H]21. The molecule has 1 heterocycles. The monoisotopic (exact) mass is 332 g/mol. The first kappa shape index (κ1) is 16.6. The third kappa shape index (κ3) is 4.22. The highest BCUT2D eigenvalue weighted by molar-refractivity contribution is 5.29. The number of hydrogen-bond donors (Lipinski definition) is 0. The van der Waals surface area contributed by atoms with Crippen molar-refractivity contribution in [2.24, 2.45) is 11.8 Å². The largest absolute Gasteiger partial charge is 0.377 e. The molecule has 0 N–H and O–H groups in total. The predicted molar refractivity (Wildman–Crippen MR) is 104 cm³/mol. The van der Waals surface area contributed by atoms with Crippen molar-refractivity contribution >= 4 is 0 Å². The molecule has 2 aromatic carbocycles. The quantitative estimate of drug-likeness (QED) is 0.473. The Bertz CT molecular complexity index is 677. The van der Waals surface area contributed by atoms with E-state index >= 15 is 0 Å². The number of ether oxygens (including phenoxy) is 1. The maximum atomic E-state index is 6.02. The van der Waals surface area contributed by atoms with E-state index in [-0.39, 0.29) is 0 Å². The topological polar surface area (TPSA) is 9.23 Å². The van der Waals surface area contributed by atoms with Crippen LogP contribution in [0.1, 0.15) is 36.8 Å². The van der Waals surface area contributed by atoms with Crippen molar-refractivity contribution in [2.75, 3.05) is 6.61 Å². The summed E-state index contributed by atoms with van der Waals surface area (Å²) < 4.78 is 6.02. The Balaban J connectivity index is 1.40. The fourth-order valence-electron chi connectivity index (χ4n) is 4.33. The van der Waals surface area contributed by atoms with E-state index in [0.717, 1.165) is 18.9 Å². The summed E-state index contributed by atoms with van der Waals surface area (Å²) in [6, 6.07) is 21.8. The highest BCUT2D eigenvalue weighted by Gasteiger charge is 2.53. The molecule has 130 valence electrons. The zero-order chi connectivity index (χ0) is 16.9. The first-order chi connectivity index (χ1) is 12.4. The summed E-state index contributed by atoms with van der Waals surface area (Å²) in [5.41, 5.74) is 4.50. The number of aryl methyl sites for hydroxylation is 1. The van der Waals surface area contributed by atoms with Gasteiger partial charge < -0.3 is 4.74 Å². The molecule has 1 nitrogen and oxygen atoms in total. The Hall–Kier alpha value is -1.86. The molecule has 0 unspecified atom stereocenters. The highest BCUT2D eigenvalue weighted by atomic mass is 16.5. The lowest BCUT2D eigenvalue weighted by Gasteiger charge is -2.09. The van der Waals surface area contributed by atoms with Gasteiger partial charge in [0, 0.05) is 12.5 Å². The van der Waals surface area contributed by atoms with Gasteiger partial charge in [0.15, 0.2) is 0 Å². The fraction of sp³-hybridized carbons (Fsp3) is 0.417. The number of hydrogen-bond acceptors (Lipinski definition) is 1. The fourth-order valence-corrected chi connectivity index (χ4v) is 4.33. The zero-order valence-electron chi connectivity index (χ0n) is 14.9. The summed E-state index contributed by atoms with van der Waals surface area (Å²) in [5, 5.41) is 0. The van der Waals surface area contributed by atoms with Gasteiger partial charge in [0.25, 0.3) is 0 Å². The molecule has 1 saturated carbocycles. The number of allylic oxidation sites excluding steroid dienone is 1. The second-order valence-corrected chi connectivity index (χ2v) is 7.49. The molecule has 25 heavy (non-hydrogen) atoms. The second kappa shape index (κ2) is 8.01. The Morgan fingerprint density at radius 1 is 0.960 bits per heavy atom. The third-order valence-corrected chi connectivity index (χ3v) is 5.69. The van der Waals surface area contributed by atoms with E-state index < -0.39 is 0 Å². The van der Waals surface area contributed by atoms with Crippen LogP contribution in [0.3, 0.4) is 0 Å². The van der Waals surface area contributed by atoms with Crippen LogP contribution in [0.5, 0.6) is 0 Å². The first-order valence-electron chi connectivity index (χ1n) is 9.80. The van der Waals surface area contributed by atoms with Crippen LogP contribution < -0.4 is 0 Å². The average molecular weight is 332 g/mol. The minimum Gasteiger partial charge on any atom is -0.377 e. The first-order valence-corrected chi connectivity index (χ1v) is 9.80. The lowest BCUT2D eigenvalue weighted by molar-refractivity contribution is 0.0766. The van der Waals surface area contributed by atoms with Crippen molar-refractivity contribution in [3.8, 4) is 0 Å². The van der Waals surface area contributed by atoms with Crippen molar-refractivity contribution in [3.05, 3.63) is 83.4 Å². The molecule has 1 aliphatic carbocycles. The summed E-state index contributed by atoms with van der Waals surface area (Å²) in [5.74, 6) is 1.47. The average Bonchev–Trinajstić information content (AvgIpc) is 3.40. The lowest BCUT2D eigenvalue weighted by atomic mass is 9.97. The molecule has 0 radical (unpaired) electrons. The van der Waals surface area contributed by atoms with Crippen LogP contribution in [0, 0.1) is 11.8 Å². The van der Waals surface area contributed by atoms with Gasteiger partial charge in [0.05, 0.1) is 6.10 Å². The van der Waals surface area contributed by atoms with Crippen LogP contribution in [0.2, 0.25) is 0 Å². The van der Waals surface area contributed by atoms with Crippen molar-refractivity contribution in [3.63, 3.8) is 0 Å². The molecule has 0 aromatic heterocycles. The summed E-state index contributed by atoms with van der Waals surface area (Å²) in [7, 11) is 0. The minimum absolute atomic E-state index is 0.512. The van der Waals surface area contributed by atoms with E-state index in [1.165, 1.54) is 43.2 Å². The van der Waals surface area contributed by atoms with E-state index in [1.54, 1.807) is 5.57 Å². The molecule has 1 heteroatoms. The van der Waals surface area contributed by atoms with Crippen LogP contribution in [0.25, 0.3) is 0 Å². The number of fused-ring (bicyclic) bond motifs is 1. The van der Waals surface area contributed by atoms with E-state index in [2.05, 4.69) is 66.7 Å². The van der Waals surface area contributed by atoms with Crippen LogP contribution >= 0.6 is 0 Å². The van der Waals surface area contributed by atoms with Crippen LogP contribution in [-0.2, 0) is 17.6 Å². The Kier molecular flexibility index (Phi) is 5.32. The van der Waals surface area contributed by atoms with E-state index in [1.807, 2.05) is 0 Å². The summed E-state index contributed by atoms with van der Waals surface area (Å²) in [4.78, 5) is 0. The molecule has 0 bridgehead atoms. The van der Waals surface area contributed by atoms with Gasteiger partial charge in [-0.3, -0.25) is 0 Å². The Labute approximate surface area is 151 Å². The molecule has 2 aliphatic rings. The predicted octanol–water partition coefficient (Wildman–Crippen LogP) is 5.60. The second-order valence-electron chi connectivity index (χ2n) is 7.49. The van der Waals surface area contributed by atoms with Crippen molar-refractivity contribution in [2.45, 2.75) is 44.6 Å². The number of benzene rings is 2. The molecule has 2 fully saturated rings. The zero-order valence-corrected chi connectivity index (χ0v) is 14.9. The normalized spacial score (nSPS) is 25.4. The van der Waals surface area contributed by atoms with Gasteiger partial charge in [-0.05, 0) is 55.6 Å². The van der Waals surface area contributed by atoms with Crippen molar-refractivity contribution in [1.82, 2.24) is 0 Å². The highest BCUT2D eigenvalue weighted by Crippen LogP contribution is 2.52. The van der Waals surface area contributed by atoms with Gasteiger partial charge in [0.1, 0.15) is 0 Å². The molecule has 0 spiro atoms. The van der Waals surface area contributed by atoms with Crippen LogP contribution in [0.15, 0.2) is 72.3 Å². The van der Waals surface area contributed by atoms with Crippen LogP contribution in [-0.4, -0.2) is 12.7 Å². The van der Waals surface area contributed by atoms with Crippen molar-refractivity contribution < 1.29 is 4.74 Å². The Morgan fingerprint density at radius 2 is 1.68 bits per heavy atom. The van der Waals surface area contributed by atoms with Crippen LogP contribution in [0.4, 0.5) is 0 Å². The molecule has 3 atom stereocenters. The Morgan fingerprint density at radius 3 is 2.36 bits per heavy atom. The van der Waals surface area contributed by atoms with Gasteiger partial charge in [-0.25, -0.2) is 0 Å². The molecule has 1 aliphatic heterocycles. The van der Waals surface area contributed by atoms with E-state index in [0.29, 0.717) is 12.0 Å². The molecule has 1 saturated heterocycles. The third-order valence-electron chi connectivity index (χ3n) is 5.69. The molecule has 4 rings (SSSR count). The minimum atomic E-state index is 0.512. The van der Waals surface area contributed by atoms with E-state index in [4.69, 9.17) is 4.74 Å². The van der Waals surface area contributed by atoms with Gasteiger partial charge >= 0.3 is 0 Å². The number of rotatable bonds is 7. The van der Waals surface area contributed by atoms with Gasteiger partial charge in [-0.15, -0.1) is 0 Å². The van der Waals surface area contributed by atoms with Gasteiger partial charge in [-0.1, -0.05) is 72.3 Å². The van der Waals surface area contributed by atoms with Gasteiger partial charge in [-0.2, -0.15) is 0 Å². The molecular formula is C24H28O.